The van der Waals surface area contributed by atoms with Crippen molar-refractivity contribution in [1.82, 2.24) is 0 Å². The van der Waals surface area contributed by atoms with E-state index in [2.05, 4.69) is 30.3 Å². The molecular weight excluding hydrogens is 163 g/mol. The van der Waals surface area contributed by atoms with Gasteiger partial charge in [-0.1, -0.05) is 36.8 Å². The number of benzene rings is 1. The van der Waals surface area contributed by atoms with Gasteiger partial charge in [-0.25, -0.2) is 0 Å². The van der Waals surface area contributed by atoms with Crippen LogP contribution < -0.4 is 0 Å². The Morgan fingerprint density at radius 2 is 1.92 bits per heavy atom. The highest BCUT2D eigenvalue weighted by atomic mass is 31.1. The Morgan fingerprint density at radius 3 is 2.50 bits per heavy atom. The monoisotopic (exact) mass is 178 g/mol. The van der Waals surface area contributed by atoms with E-state index in [0.29, 0.717) is 0 Å². The van der Waals surface area contributed by atoms with Gasteiger partial charge in [0.15, 0.2) is 0 Å². The molecule has 0 saturated heterocycles. The van der Waals surface area contributed by atoms with Crippen LogP contribution in [0.4, 0.5) is 0 Å². The molecule has 1 heteroatoms. The molecule has 0 bridgehead atoms. The van der Waals surface area contributed by atoms with E-state index in [9.17, 15) is 0 Å². The van der Waals surface area contributed by atoms with Gasteiger partial charge in [-0.05, 0) is 30.2 Å². The minimum Gasteiger partial charge on any atom is -0.114 e. The molecule has 0 spiro atoms. The second-order valence-electron chi connectivity index (χ2n) is 3.49. The van der Waals surface area contributed by atoms with Crippen molar-refractivity contribution in [2.24, 2.45) is 0 Å². The standard InChI is InChI=1S/C11H15P/c1-2-5-10(6-3-1)9-12-11-7-4-8-11/h1-3,5-6,11-12H,4,7-9H2. The van der Waals surface area contributed by atoms with Crippen molar-refractivity contribution in [2.45, 2.75) is 31.1 Å². The van der Waals surface area contributed by atoms with Crippen LogP contribution in [0.15, 0.2) is 30.3 Å². The van der Waals surface area contributed by atoms with Crippen molar-refractivity contribution >= 4 is 8.58 Å². The second-order valence-corrected chi connectivity index (χ2v) is 5.07. The van der Waals surface area contributed by atoms with Gasteiger partial charge in [-0.15, -0.1) is 8.58 Å². The third-order valence-corrected chi connectivity index (χ3v) is 4.31. The lowest BCUT2D eigenvalue weighted by atomic mass is 10.00. The molecule has 12 heavy (non-hydrogen) atoms. The van der Waals surface area contributed by atoms with Gasteiger partial charge < -0.3 is 0 Å². The SMILES string of the molecule is c1ccc(CPC2CCC2)cc1. The summed E-state index contributed by atoms with van der Waals surface area (Å²) in [4.78, 5) is 0. The van der Waals surface area contributed by atoms with Crippen molar-refractivity contribution in [2.75, 3.05) is 0 Å². The van der Waals surface area contributed by atoms with E-state index in [1.165, 1.54) is 39.6 Å². The summed E-state index contributed by atoms with van der Waals surface area (Å²) in [5.74, 6) is 0. The average molecular weight is 178 g/mol. The second kappa shape index (κ2) is 4.05. The summed E-state index contributed by atoms with van der Waals surface area (Å²) >= 11 is 0. The van der Waals surface area contributed by atoms with E-state index in [1.807, 2.05) is 0 Å². The van der Waals surface area contributed by atoms with Gasteiger partial charge in [0.05, 0.1) is 0 Å². The van der Waals surface area contributed by atoms with E-state index in [-0.39, 0.29) is 0 Å². The molecule has 1 aromatic carbocycles. The van der Waals surface area contributed by atoms with Crippen LogP contribution in [-0.2, 0) is 6.16 Å². The molecule has 2 rings (SSSR count). The Morgan fingerprint density at radius 1 is 1.17 bits per heavy atom. The lowest BCUT2D eigenvalue weighted by Crippen LogP contribution is -2.11. The quantitative estimate of drug-likeness (QED) is 0.622. The first-order valence-electron chi connectivity index (χ1n) is 4.72. The normalized spacial score (nSPS) is 18.3. The highest BCUT2D eigenvalue weighted by Crippen LogP contribution is 2.37. The zero-order chi connectivity index (χ0) is 8.23. The van der Waals surface area contributed by atoms with Crippen molar-refractivity contribution < 1.29 is 0 Å². The first-order chi connectivity index (χ1) is 5.95. The van der Waals surface area contributed by atoms with Crippen LogP contribution >= 0.6 is 8.58 Å². The fraction of sp³-hybridized carbons (Fsp3) is 0.455. The smallest absolute Gasteiger partial charge is 0.00981 e. The molecular formula is C11H15P. The zero-order valence-electron chi connectivity index (χ0n) is 7.29. The average Bonchev–Trinajstić information content (AvgIpc) is 2.04. The van der Waals surface area contributed by atoms with Gasteiger partial charge in [0.2, 0.25) is 0 Å². The van der Waals surface area contributed by atoms with Crippen molar-refractivity contribution in [3.05, 3.63) is 35.9 Å². The zero-order valence-corrected chi connectivity index (χ0v) is 8.29. The summed E-state index contributed by atoms with van der Waals surface area (Å²) in [5.41, 5.74) is 2.59. The van der Waals surface area contributed by atoms with Gasteiger partial charge in [0.1, 0.15) is 0 Å². The van der Waals surface area contributed by atoms with Crippen LogP contribution in [0.3, 0.4) is 0 Å². The van der Waals surface area contributed by atoms with Crippen molar-refractivity contribution in [3.8, 4) is 0 Å². The highest BCUT2D eigenvalue weighted by molar-refractivity contribution is 7.38. The minimum absolute atomic E-state index is 1.07. The van der Waals surface area contributed by atoms with E-state index in [0.717, 1.165) is 5.66 Å². The molecule has 0 amide bonds. The Bertz CT molecular complexity index is 226. The Kier molecular flexibility index (Phi) is 2.79. The summed E-state index contributed by atoms with van der Waals surface area (Å²) < 4.78 is 0. The third kappa shape index (κ3) is 2.08. The summed E-state index contributed by atoms with van der Waals surface area (Å²) in [7, 11) is 1.17. The molecule has 0 N–H and O–H groups in total. The highest BCUT2D eigenvalue weighted by Gasteiger charge is 2.16. The van der Waals surface area contributed by atoms with Crippen LogP contribution in [0, 0.1) is 0 Å². The largest absolute Gasteiger partial charge is 0.114 e. The fourth-order valence-electron chi connectivity index (χ4n) is 1.47. The summed E-state index contributed by atoms with van der Waals surface area (Å²) in [6.07, 6.45) is 5.77. The molecule has 0 nitrogen and oxygen atoms in total. The maximum Gasteiger partial charge on any atom is -0.00981 e. The van der Waals surface area contributed by atoms with Gasteiger partial charge in [-0.3, -0.25) is 0 Å². The van der Waals surface area contributed by atoms with Crippen LogP contribution in [-0.4, -0.2) is 5.66 Å². The molecule has 1 atom stereocenters. The summed E-state index contributed by atoms with van der Waals surface area (Å²) in [6, 6.07) is 10.9. The molecule has 0 radical (unpaired) electrons. The third-order valence-electron chi connectivity index (χ3n) is 2.54. The molecule has 1 aliphatic carbocycles. The van der Waals surface area contributed by atoms with Gasteiger partial charge in [-0.2, -0.15) is 0 Å². The molecule has 0 aromatic heterocycles. The molecule has 1 aromatic rings. The van der Waals surface area contributed by atoms with Crippen LogP contribution in [0.2, 0.25) is 0 Å². The van der Waals surface area contributed by atoms with E-state index in [1.54, 1.807) is 0 Å². The number of hydrogen-bond acceptors (Lipinski definition) is 0. The Balaban J connectivity index is 1.79. The van der Waals surface area contributed by atoms with Crippen molar-refractivity contribution in [3.63, 3.8) is 0 Å². The lowest BCUT2D eigenvalue weighted by Gasteiger charge is -2.25. The predicted octanol–water partition coefficient (Wildman–Crippen LogP) is 3.42. The molecule has 1 fully saturated rings. The van der Waals surface area contributed by atoms with Crippen LogP contribution in [0.5, 0.6) is 0 Å². The van der Waals surface area contributed by atoms with Crippen LogP contribution in [0.1, 0.15) is 24.8 Å². The predicted molar refractivity (Wildman–Crippen MR) is 56.1 cm³/mol. The lowest BCUT2D eigenvalue weighted by molar-refractivity contribution is 0.517. The molecule has 1 saturated carbocycles. The van der Waals surface area contributed by atoms with Crippen molar-refractivity contribution in [1.29, 1.82) is 0 Å². The van der Waals surface area contributed by atoms with E-state index < -0.39 is 0 Å². The molecule has 0 aliphatic heterocycles. The topological polar surface area (TPSA) is 0 Å². The Hall–Kier alpha value is -0.350. The molecule has 64 valence electrons. The summed E-state index contributed by atoms with van der Waals surface area (Å²) in [5, 5.41) is 0. The van der Waals surface area contributed by atoms with Gasteiger partial charge in [0, 0.05) is 0 Å². The van der Waals surface area contributed by atoms with Crippen LogP contribution in [0.25, 0.3) is 0 Å². The number of rotatable bonds is 3. The number of hydrogen-bond donors (Lipinski definition) is 0. The molecule has 0 heterocycles. The first kappa shape index (κ1) is 8.26. The summed E-state index contributed by atoms with van der Waals surface area (Å²) in [6.45, 7) is 0. The Labute approximate surface area is 76.2 Å². The van der Waals surface area contributed by atoms with E-state index >= 15 is 0 Å². The van der Waals surface area contributed by atoms with Gasteiger partial charge in [0.25, 0.3) is 0 Å². The molecule has 1 unspecified atom stereocenters. The molecule has 1 aliphatic rings. The van der Waals surface area contributed by atoms with E-state index in [4.69, 9.17) is 0 Å². The minimum atomic E-state index is 1.07. The first-order valence-corrected chi connectivity index (χ1v) is 6.01. The maximum absolute atomic E-state index is 2.24. The van der Waals surface area contributed by atoms with Gasteiger partial charge >= 0.3 is 0 Å². The fourth-order valence-corrected chi connectivity index (χ4v) is 3.05. The maximum atomic E-state index is 2.24.